The molecule has 0 heterocycles. The number of hydrogen-bond donors (Lipinski definition) is 0. The van der Waals surface area contributed by atoms with Crippen LogP contribution in [-0.4, -0.2) is 24.7 Å². The third kappa shape index (κ3) is 6.07. The highest BCUT2D eigenvalue weighted by Gasteiger charge is 2.34. The zero-order valence-corrected chi connectivity index (χ0v) is 13.3. The first kappa shape index (κ1) is 20.9. The number of carbonyl (C=O) groups excluding carboxylic acids is 2. The van der Waals surface area contributed by atoms with Crippen molar-refractivity contribution in [3.05, 3.63) is 59.7 Å². The van der Waals surface area contributed by atoms with Gasteiger partial charge in [0.15, 0.2) is 0 Å². The van der Waals surface area contributed by atoms with Crippen molar-refractivity contribution in [1.29, 1.82) is 0 Å². The Bertz CT molecular complexity index is 790. The Morgan fingerprint density at radius 1 is 0.607 bits per heavy atom. The van der Waals surface area contributed by atoms with E-state index in [1.165, 1.54) is 12.1 Å². The van der Waals surface area contributed by atoms with E-state index in [2.05, 4.69) is 19.2 Å². The predicted octanol–water partition coefficient (Wildman–Crippen LogP) is 4.41. The lowest BCUT2D eigenvalue weighted by Gasteiger charge is -2.13. The normalized spacial score (nSPS) is 11.5. The average Bonchev–Trinajstić information content (AvgIpc) is 2.57. The van der Waals surface area contributed by atoms with Crippen LogP contribution in [0, 0.1) is 0 Å². The molecule has 0 fully saturated rings. The Labute approximate surface area is 152 Å². The molecule has 0 N–H and O–H groups in total. The number of para-hydroxylation sites is 2. The Kier molecular flexibility index (Phi) is 6.01. The monoisotopic (exact) mass is 410 g/mol. The van der Waals surface area contributed by atoms with Crippen LogP contribution in [0.25, 0.3) is 0 Å². The van der Waals surface area contributed by atoms with E-state index in [0.29, 0.717) is 0 Å². The molecule has 0 saturated carbocycles. The largest absolute Gasteiger partial charge is 0.573 e. The molecule has 0 saturated heterocycles. The zero-order chi connectivity index (χ0) is 20.9. The number of rotatable bonds is 4. The molecular weight excluding hydrogens is 402 g/mol. The van der Waals surface area contributed by atoms with Crippen LogP contribution < -0.4 is 9.47 Å². The topological polar surface area (TPSA) is 71.1 Å². The second-order valence-corrected chi connectivity index (χ2v) is 4.83. The van der Waals surface area contributed by atoms with Gasteiger partial charge in [0.1, 0.15) is 22.6 Å². The van der Waals surface area contributed by atoms with Crippen molar-refractivity contribution < 1.29 is 55.2 Å². The van der Waals surface area contributed by atoms with Crippen LogP contribution in [0.15, 0.2) is 48.5 Å². The smallest absolute Gasteiger partial charge is 0.405 e. The van der Waals surface area contributed by atoms with Crippen LogP contribution in [0.4, 0.5) is 26.3 Å². The van der Waals surface area contributed by atoms with Gasteiger partial charge in [0.05, 0.1) is 0 Å². The van der Waals surface area contributed by atoms with Gasteiger partial charge < -0.3 is 9.47 Å². The summed E-state index contributed by atoms with van der Waals surface area (Å²) >= 11 is 0. The second-order valence-electron chi connectivity index (χ2n) is 4.83. The van der Waals surface area contributed by atoms with Gasteiger partial charge in [-0.15, -0.1) is 26.3 Å². The molecule has 2 aromatic carbocycles. The minimum absolute atomic E-state index is 0.743. The van der Waals surface area contributed by atoms with Crippen molar-refractivity contribution in [3.63, 3.8) is 0 Å². The zero-order valence-electron chi connectivity index (χ0n) is 13.3. The first-order valence-electron chi connectivity index (χ1n) is 7.09. The van der Waals surface area contributed by atoms with E-state index in [-0.39, 0.29) is 0 Å². The maximum atomic E-state index is 12.3. The highest BCUT2D eigenvalue weighted by molar-refractivity contribution is 5.95. The van der Waals surface area contributed by atoms with Crippen LogP contribution in [0.2, 0.25) is 0 Å². The number of alkyl halides is 6. The van der Waals surface area contributed by atoms with Gasteiger partial charge in [0.25, 0.3) is 0 Å². The Morgan fingerprint density at radius 3 is 1.25 bits per heavy atom. The number of benzene rings is 2. The van der Waals surface area contributed by atoms with E-state index >= 15 is 0 Å². The molecule has 0 aliphatic heterocycles. The minimum Gasteiger partial charge on any atom is -0.405 e. The molecule has 2 aromatic rings. The Morgan fingerprint density at radius 2 is 0.929 bits per heavy atom. The molecule has 0 aliphatic carbocycles. The molecule has 0 spiro atoms. The summed E-state index contributed by atoms with van der Waals surface area (Å²) in [6.07, 6.45) is -10.2. The highest BCUT2D eigenvalue weighted by atomic mass is 19.4. The first-order valence-corrected chi connectivity index (χ1v) is 7.09. The maximum absolute atomic E-state index is 12.3. The summed E-state index contributed by atoms with van der Waals surface area (Å²) in [6.45, 7) is 0. The summed E-state index contributed by atoms with van der Waals surface area (Å²) in [6, 6.07) is 8.00. The van der Waals surface area contributed by atoms with Crippen molar-refractivity contribution in [2.45, 2.75) is 12.7 Å². The molecule has 2 rings (SSSR count). The Balaban J connectivity index is 2.12. The van der Waals surface area contributed by atoms with Gasteiger partial charge in [-0.3, -0.25) is 0 Å². The summed E-state index contributed by atoms with van der Waals surface area (Å²) in [5.41, 5.74) is -1.49. The summed E-state index contributed by atoms with van der Waals surface area (Å²) < 4.78 is 81.3. The van der Waals surface area contributed by atoms with Crippen molar-refractivity contribution >= 4 is 11.9 Å². The molecule has 0 amide bonds. The molecule has 0 aliphatic rings. The SMILES string of the molecule is O=C(OOC(=O)c1ccccc1OC(F)(F)F)c1ccccc1OC(F)(F)F. The lowest BCUT2D eigenvalue weighted by Crippen LogP contribution is -2.21. The molecule has 0 unspecified atom stereocenters. The molecule has 0 atom stereocenters. The van der Waals surface area contributed by atoms with Crippen LogP contribution in [0.1, 0.15) is 20.7 Å². The number of carbonyl (C=O) groups is 2. The number of hydrogen-bond acceptors (Lipinski definition) is 6. The van der Waals surface area contributed by atoms with Gasteiger partial charge >= 0.3 is 24.7 Å². The lowest BCUT2D eigenvalue weighted by molar-refractivity contribution is -0.276. The molecule has 28 heavy (non-hydrogen) atoms. The van der Waals surface area contributed by atoms with Crippen LogP contribution in [0.5, 0.6) is 11.5 Å². The quantitative estimate of drug-likeness (QED) is 0.423. The van der Waals surface area contributed by atoms with Gasteiger partial charge in [-0.05, 0) is 24.3 Å². The third-order valence-electron chi connectivity index (χ3n) is 2.86. The molecule has 150 valence electrons. The van der Waals surface area contributed by atoms with Crippen LogP contribution >= 0.6 is 0 Å². The summed E-state index contributed by atoms with van der Waals surface area (Å²) in [4.78, 5) is 31.9. The van der Waals surface area contributed by atoms with Gasteiger partial charge in [-0.25, -0.2) is 19.4 Å². The molecule has 0 bridgehead atoms. The first-order chi connectivity index (χ1) is 13.0. The third-order valence-corrected chi connectivity index (χ3v) is 2.86. The predicted molar refractivity (Wildman–Crippen MR) is 77.1 cm³/mol. The van der Waals surface area contributed by atoms with Crippen molar-refractivity contribution in [2.24, 2.45) is 0 Å². The fourth-order valence-corrected chi connectivity index (χ4v) is 1.86. The number of ether oxygens (including phenoxy) is 2. The highest BCUT2D eigenvalue weighted by Crippen LogP contribution is 2.28. The fraction of sp³-hybridized carbons (Fsp3) is 0.125. The summed E-state index contributed by atoms with van der Waals surface area (Å²) in [5.74, 6) is -4.97. The standard InChI is InChI=1S/C16H8F6O6/c17-15(18,19)25-11-7-3-1-5-9(11)13(23)27-28-14(24)10-6-2-4-8-12(10)26-16(20,21)22/h1-8H. The lowest BCUT2D eigenvalue weighted by atomic mass is 10.2. The van der Waals surface area contributed by atoms with E-state index < -0.39 is 47.3 Å². The van der Waals surface area contributed by atoms with Crippen molar-refractivity contribution in [2.75, 3.05) is 0 Å². The molecular formula is C16H8F6O6. The van der Waals surface area contributed by atoms with Crippen molar-refractivity contribution in [3.8, 4) is 11.5 Å². The van der Waals surface area contributed by atoms with Crippen LogP contribution in [-0.2, 0) is 9.78 Å². The van der Waals surface area contributed by atoms with Crippen LogP contribution in [0.3, 0.4) is 0 Å². The Hall–Kier alpha value is -3.44. The van der Waals surface area contributed by atoms with E-state index in [1.807, 2.05) is 0 Å². The van der Waals surface area contributed by atoms with E-state index in [0.717, 1.165) is 36.4 Å². The maximum Gasteiger partial charge on any atom is 0.573 e. The van der Waals surface area contributed by atoms with E-state index in [9.17, 15) is 35.9 Å². The fourth-order valence-electron chi connectivity index (χ4n) is 1.86. The molecule has 12 heteroatoms. The summed E-state index contributed by atoms with van der Waals surface area (Å²) in [7, 11) is 0. The number of halogens is 6. The van der Waals surface area contributed by atoms with E-state index in [4.69, 9.17) is 0 Å². The minimum atomic E-state index is -5.11. The van der Waals surface area contributed by atoms with Gasteiger partial charge in [0.2, 0.25) is 0 Å². The second kappa shape index (κ2) is 8.06. The molecule has 0 radical (unpaired) electrons. The van der Waals surface area contributed by atoms with Gasteiger partial charge in [-0.1, -0.05) is 24.3 Å². The van der Waals surface area contributed by atoms with Gasteiger partial charge in [0, 0.05) is 0 Å². The van der Waals surface area contributed by atoms with E-state index in [1.54, 1.807) is 0 Å². The van der Waals surface area contributed by atoms with Gasteiger partial charge in [-0.2, -0.15) is 0 Å². The van der Waals surface area contributed by atoms with Crippen molar-refractivity contribution in [1.82, 2.24) is 0 Å². The molecule has 0 aromatic heterocycles. The molecule has 6 nitrogen and oxygen atoms in total. The summed E-state index contributed by atoms with van der Waals surface area (Å²) in [5, 5.41) is 0. The average molecular weight is 410 g/mol.